The first-order valence-corrected chi connectivity index (χ1v) is 11.7. The van der Waals surface area contributed by atoms with Crippen molar-refractivity contribution in [2.75, 3.05) is 11.6 Å². The SMILES string of the molecule is C=C/C(Br)=C\C=C(/C)NON(CCCCCCC(=O)NO)c1ccc2[nH]ccc2c1.CC. The van der Waals surface area contributed by atoms with Crippen molar-refractivity contribution in [3.8, 4) is 0 Å². The number of fused-ring (bicyclic) bond motifs is 1. The lowest BCUT2D eigenvalue weighted by atomic mass is 10.1. The van der Waals surface area contributed by atoms with Gasteiger partial charge in [0.1, 0.15) is 0 Å². The van der Waals surface area contributed by atoms with Crippen molar-refractivity contribution in [2.45, 2.75) is 52.9 Å². The Morgan fingerprint density at radius 2 is 1.97 bits per heavy atom. The quantitative estimate of drug-likeness (QED) is 0.111. The molecule has 0 bridgehead atoms. The van der Waals surface area contributed by atoms with Gasteiger partial charge in [0.2, 0.25) is 5.91 Å². The Kier molecular flexibility index (Phi) is 13.9. The summed E-state index contributed by atoms with van der Waals surface area (Å²) in [6.45, 7) is 10.3. The summed E-state index contributed by atoms with van der Waals surface area (Å²) in [5.41, 5.74) is 7.50. The van der Waals surface area contributed by atoms with Gasteiger partial charge in [0.25, 0.3) is 0 Å². The Hall–Kier alpha value is -2.55. The fraction of sp³-hybridized carbons (Fsp3) is 0.375. The number of hydroxylamine groups is 3. The predicted molar refractivity (Wildman–Crippen MR) is 135 cm³/mol. The van der Waals surface area contributed by atoms with Crippen LogP contribution in [-0.4, -0.2) is 22.6 Å². The number of unbranched alkanes of at least 4 members (excludes halogenated alkanes) is 3. The molecule has 2 aromatic rings. The van der Waals surface area contributed by atoms with E-state index in [0.717, 1.165) is 52.5 Å². The minimum absolute atomic E-state index is 0.334. The zero-order chi connectivity index (χ0) is 23.8. The third kappa shape index (κ3) is 10.2. The Morgan fingerprint density at radius 3 is 2.69 bits per heavy atom. The zero-order valence-electron chi connectivity index (χ0n) is 19.2. The van der Waals surface area contributed by atoms with E-state index in [4.69, 9.17) is 10.1 Å². The molecule has 0 atom stereocenters. The highest BCUT2D eigenvalue weighted by Crippen LogP contribution is 2.22. The number of halogens is 1. The van der Waals surface area contributed by atoms with Crippen molar-refractivity contribution in [2.24, 2.45) is 0 Å². The molecule has 0 spiro atoms. The van der Waals surface area contributed by atoms with Crippen LogP contribution in [0.1, 0.15) is 52.9 Å². The van der Waals surface area contributed by atoms with Gasteiger partial charge in [0.15, 0.2) is 0 Å². The van der Waals surface area contributed by atoms with Crippen molar-refractivity contribution in [1.82, 2.24) is 15.9 Å². The van der Waals surface area contributed by atoms with Crippen LogP contribution in [-0.2, 0) is 9.73 Å². The molecule has 0 radical (unpaired) electrons. The van der Waals surface area contributed by atoms with Crippen LogP contribution in [0.3, 0.4) is 0 Å². The number of nitrogens with one attached hydrogen (secondary N) is 3. The van der Waals surface area contributed by atoms with Crippen LogP contribution in [0.2, 0.25) is 0 Å². The number of aromatic nitrogens is 1. The number of aromatic amines is 1. The highest BCUT2D eigenvalue weighted by atomic mass is 79.9. The number of benzene rings is 1. The van der Waals surface area contributed by atoms with Crippen LogP contribution in [0.4, 0.5) is 5.69 Å². The molecular weight excluding hydrogens is 472 g/mol. The molecule has 1 heterocycles. The lowest BCUT2D eigenvalue weighted by Crippen LogP contribution is -2.31. The van der Waals surface area contributed by atoms with Gasteiger partial charge in [-0.1, -0.05) is 55.3 Å². The number of allylic oxidation sites excluding steroid dienone is 5. The van der Waals surface area contributed by atoms with Gasteiger partial charge in [-0.25, -0.2) is 16.0 Å². The third-order valence-electron chi connectivity index (χ3n) is 4.47. The molecule has 0 fully saturated rings. The van der Waals surface area contributed by atoms with E-state index in [-0.39, 0.29) is 5.91 Å². The van der Waals surface area contributed by atoms with E-state index < -0.39 is 0 Å². The second-order valence-corrected chi connectivity index (χ2v) is 7.76. The second-order valence-electron chi connectivity index (χ2n) is 6.85. The Bertz CT molecular complexity index is 892. The maximum atomic E-state index is 11.1. The highest BCUT2D eigenvalue weighted by molar-refractivity contribution is 9.11. The van der Waals surface area contributed by atoms with Crippen LogP contribution >= 0.6 is 15.9 Å². The van der Waals surface area contributed by atoms with Crippen LogP contribution in [0.15, 0.2) is 65.4 Å². The molecule has 0 aliphatic carbocycles. The molecule has 4 N–H and O–H groups in total. The summed E-state index contributed by atoms with van der Waals surface area (Å²) in [4.78, 5) is 20.1. The minimum atomic E-state index is -0.344. The summed E-state index contributed by atoms with van der Waals surface area (Å²) in [6, 6.07) is 8.15. The fourth-order valence-electron chi connectivity index (χ4n) is 2.81. The molecule has 1 amide bonds. The smallest absolute Gasteiger partial charge is 0.243 e. The average molecular weight is 507 g/mol. The first kappa shape index (κ1) is 27.5. The molecular formula is C24H35BrN4O3. The largest absolute Gasteiger partial charge is 0.361 e. The number of carbonyl (C=O) groups excluding carboxylic acids is 1. The molecule has 1 aromatic carbocycles. The number of nitrogens with zero attached hydrogens (tertiary/aromatic N) is 1. The highest BCUT2D eigenvalue weighted by Gasteiger charge is 2.09. The van der Waals surface area contributed by atoms with Gasteiger partial charge in [-0.2, -0.15) is 4.94 Å². The number of hydrogen-bond donors (Lipinski definition) is 4. The van der Waals surface area contributed by atoms with Gasteiger partial charge in [-0.3, -0.25) is 10.0 Å². The average Bonchev–Trinajstić information content (AvgIpc) is 3.30. The number of H-pyrrole nitrogens is 1. The molecule has 1 aromatic heterocycles. The third-order valence-corrected chi connectivity index (χ3v) is 5.06. The van der Waals surface area contributed by atoms with Crippen LogP contribution in [0.5, 0.6) is 0 Å². The van der Waals surface area contributed by atoms with Gasteiger partial charge < -0.3 is 4.98 Å². The van der Waals surface area contributed by atoms with Gasteiger partial charge in [-0.15, -0.1) is 0 Å². The van der Waals surface area contributed by atoms with Crippen LogP contribution in [0, 0.1) is 0 Å². The summed E-state index contributed by atoms with van der Waals surface area (Å²) in [7, 11) is 0. The van der Waals surface area contributed by atoms with Crippen molar-refractivity contribution in [3.63, 3.8) is 0 Å². The van der Waals surface area contributed by atoms with Crippen molar-refractivity contribution >= 4 is 38.4 Å². The number of rotatable bonds is 13. The Morgan fingerprint density at radius 1 is 1.22 bits per heavy atom. The van der Waals surface area contributed by atoms with E-state index in [2.05, 4.69) is 39.0 Å². The lowest BCUT2D eigenvalue weighted by Gasteiger charge is -2.24. The summed E-state index contributed by atoms with van der Waals surface area (Å²) in [5.74, 6) is -0.344. The summed E-state index contributed by atoms with van der Waals surface area (Å²) < 4.78 is 0.883. The zero-order valence-corrected chi connectivity index (χ0v) is 20.7. The summed E-state index contributed by atoms with van der Waals surface area (Å²) in [5, 5.41) is 11.5. The van der Waals surface area contributed by atoms with E-state index in [1.54, 1.807) is 11.6 Å². The Labute approximate surface area is 199 Å². The molecule has 2 rings (SSSR count). The van der Waals surface area contributed by atoms with Crippen molar-refractivity contribution in [1.29, 1.82) is 0 Å². The molecule has 0 saturated heterocycles. The van der Waals surface area contributed by atoms with Gasteiger partial charge in [0, 0.05) is 40.2 Å². The summed E-state index contributed by atoms with van der Waals surface area (Å²) in [6.07, 6.45) is 11.2. The van der Waals surface area contributed by atoms with Gasteiger partial charge in [0.05, 0.1) is 5.69 Å². The van der Waals surface area contributed by atoms with E-state index in [1.165, 1.54) is 0 Å². The molecule has 0 aliphatic rings. The standard InChI is InChI=1S/C22H29BrN4O3.C2H6/c1-3-19(23)10-9-17(2)26-30-27(15-7-5-4-6-8-22(28)25-29)20-11-12-21-18(16-20)13-14-24-21;1-2/h3,9-14,16,24,26,29H,1,4-8,15H2,2H3,(H,25,28);1-2H3/b17-9+,19-10+;. The van der Waals surface area contributed by atoms with Crippen molar-refractivity contribution < 1.29 is 14.9 Å². The van der Waals surface area contributed by atoms with E-state index in [0.29, 0.717) is 13.0 Å². The van der Waals surface area contributed by atoms with E-state index in [9.17, 15) is 4.79 Å². The monoisotopic (exact) mass is 506 g/mol. The summed E-state index contributed by atoms with van der Waals surface area (Å²) >= 11 is 3.39. The number of carbonyl (C=O) groups is 1. The van der Waals surface area contributed by atoms with Gasteiger partial charge in [-0.05, 0) is 56.2 Å². The minimum Gasteiger partial charge on any atom is -0.361 e. The van der Waals surface area contributed by atoms with E-state index in [1.807, 2.05) is 62.4 Å². The molecule has 8 heteroatoms. The van der Waals surface area contributed by atoms with E-state index >= 15 is 0 Å². The molecule has 32 heavy (non-hydrogen) atoms. The van der Waals surface area contributed by atoms with Crippen molar-refractivity contribution in [3.05, 3.63) is 65.4 Å². The molecule has 7 nitrogen and oxygen atoms in total. The Balaban J connectivity index is 0.00000249. The topological polar surface area (TPSA) is 89.6 Å². The van der Waals surface area contributed by atoms with Gasteiger partial charge >= 0.3 is 0 Å². The molecule has 176 valence electrons. The number of hydrogen-bond acceptors (Lipinski definition) is 5. The molecule has 0 unspecified atom stereocenters. The van der Waals surface area contributed by atoms with Crippen LogP contribution < -0.4 is 16.0 Å². The number of amides is 1. The first-order valence-electron chi connectivity index (χ1n) is 10.9. The second kappa shape index (κ2) is 16.1. The maximum absolute atomic E-state index is 11.1. The first-order chi connectivity index (χ1) is 15.5. The fourth-order valence-corrected chi connectivity index (χ4v) is 2.94. The molecule has 0 aliphatic heterocycles. The maximum Gasteiger partial charge on any atom is 0.243 e. The van der Waals surface area contributed by atoms with Crippen LogP contribution in [0.25, 0.3) is 10.9 Å². The normalized spacial score (nSPS) is 11.5. The number of anilines is 1. The lowest BCUT2D eigenvalue weighted by molar-refractivity contribution is -0.129. The predicted octanol–water partition coefficient (Wildman–Crippen LogP) is 6.26. The molecule has 0 saturated carbocycles.